The van der Waals surface area contributed by atoms with E-state index in [0.717, 1.165) is 5.56 Å². The van der Waals surface area contributed by atoms with E-state index >= 15 is 0 Å². The Kier molecular flexibility index (Phi) is 6.44. The largest absolute Gasteiger partial charge is 0.445 e. The maximum absolute atomic E-state index is 12.0. The van der Waals surface area contributed by atoms with Gasteiger partial charge in [-0.05, 0) is 18.4 Å². The minimum absolute atomic E-state index is 0.211. The fourth-order valence-corrected chi connectivity index (χ4v) is 2.98. The van der Waals surface area contributed by atoms with E-state index in [4.69, 9.17) is 14.2 Å². The van der Waals surface area contributed by atoms with Gasteiger partial charge >= 0.3 is 6.09 Å². The third-order valence-corrected chi connectivity index (χ3v) is 4.63. The Morgan fingerprint density at radius 3 is 2.54 bits per heavy atom. The van der Waals surface area contributed by atoms with E-state index in [2.05, 4.69) is 0 Å². The zero-order valence-corrected chi connectivity index (χ0v) is 14.4. The Morgan fingerprint density at radius 2 is 1.85 bits per heavy atom. The Balaban J connectivity index is 1.42. The summed E-state index contributed by atoms with van der Waals surface area (Å²) < 4.78 is 16.4. The molecule has 0 radical (unpaired) electrons. The third kappa shape index (κ3) is 4.72. The van der Waals surface area contributed by atoms with Gasteiger partial charge in [0.1, 0.15) is 18.8 Å². The second-order valence-electron chi connectivity index (χ2n) is 6.64. The molecule has 1 aromatic carbocycles. The fraction of sp³-hybridized carbons (Fsp3) is 0.611. The molecule has 8 heteroatoms. The monoisotopic (exact) mass is 367 g/mol. The predicted octanol–water partition coefficient (Wildman–Crippen LogP) is 0.243. The number of aliphatic hydroxyl groups excluding tert-OH is 3. The summed E-state index contributed by atoms with van der Waals surface area (Å²) in [5.41, 5.74) is 0.915. The molecule has 1 amide bonds. The van der Waals surface area contributed by atoms with Gasteiger partial charge in [-0.25, -0.2) is 4.79 Å². The molecule has 3 N–H and O–H groups in total. The van der Waals surface area contributed by atoms with Crippen LogP contribution in [0.5, 0.6) is 0 Å². The number of hydrogen-bond acceptors (Lipinski definition) is 7. The van der Waals surface area contributed by atoms with Crippen LogP contribution in [-0.2, 0) is 20.8 Å². The number of hydrogen-bond donors (Lipinski definition) is 3. The molecule has 2 saturated heterocycles. The molecular formula is C18H25NO7. The molecule has 0 spiro atoms. The van der Waals surface area contributed by atoms with Crippen LogP contribution in [0.3, 0.4) is 0 Å². The van der Waals surface area contributed by atoms with Crippen molar-refractivity contribution in [3.8, 4) is 0 Å². The third-order valence-electron chi connectivity index (χ3n) is 4.63. The van der Waals surface area contributed by atoms with E-state index in [1.165, 1.54) is 4.90 Å². The number of carbonyl (C=O) groups is 1. The van der Waals surface area contributed by atoms with Crippen molar-refractivity contribution in [2.75, 3.05) is 19.7 Å². The summed E-state index contributed by atoms with van der Waals surface area (Å²) in [5, 5.41) is 29.2. The molecule has 2 aliphatic rings. The Hall–Kier alpha value is -1.71. The quantitative estimate of drug-likeness (QED) is 0.684. The van der Waals surface area contributed by atoms with Gasteiger partial charge in [-0.2, -0.15) is 0 Å². The standard InChI is InChI=1S/C18H25NO7/c20-10-16-14(21)6-7-15(22)17(26-16)25-13-8-19(9-13)18(23)24-11-12-4-2-1-3-5-12/h1-5,13-17,20-22H,6-11H2/t14-,15?,16?,17-/m0/s1. The zero-order valence-electron chi connectivity index (χ0n) is 14.4. The van der Waals surface area contributed by atoms with Crippen molar-refractivity contribution >= 4 is 6.09 Å². The van der Waals surface area contributed by atoms with Crippen LogP contribution in [0.4, 0.5) is 4.79 Å². The number of benzene rings is 1. The van der Waals surface area contributed by atoms with E-state index in [1.807, 2.05) is 30.3 Å². The lowest BCUT2D eigenvalue weighted by Crippen LogP contribution is -2.57. The molecule has 8 nitrogen and oxygen atoms in total. The number of aliphatic hydroxyl groups is 3. The van der Waals surface area contributed by atoms with Gasteiger partial charge in [0, 0.05) is 0 Å². The first-order valence-corrected chi connectivity index (χ1v) is 8.80. The van der Waals surface area contributed by atoms with Crippen molar-refractivity contribution in [3.63, 3.8) is 0 Å². The van der Waals surface area contributed by atoms with Crippen molar-refractivity contribution in [2.24, 2.45) is 0 Å². The van der Waals surface area contributed by atoms with E-state index < -0.39 is 30.7 Å². The number of ether oxygens (including phenoxy) is 3. The predicted molar refractivity (Wildman–Crippen MR) is 90.1 cm³/mol. The van der Waals surface area contributed by atoms with Crippen molar-refractivity contribution in [1.82, 2.24) is 4.90 Å². The van der Waals surface area contributed by atoms with Crippen molar-refractivity contribution in [1.29, 1.82) is 0 Å². The number of likely N-dealkylation sites (tertiary alicyclic amines) is 1. The van der Waals surface area contributed by atoms with Crippen LogP contribution >= 0.6 is 0 Å². The molecule has 3 rings (SSSR count). The maximum atomic E-state index is 12.0. The summed E-state index contributed by atoms with van der Waals surface area (Å²) in [6, 6.07) is 9.42. The SMILES string of the molecule is O=C(OCc1ccccc1)N1CC(O[C@H]2OC(CO)[C@@H](O)CCC2O)C1. The van der Waals surface area contributed by atoms with Gasteiger partial charge < -0.3 is 34.4 Å². The molecule has 2 unspecified atom stereocenters. The Morgan fingerprint density at radius 1 is 1.15 bits per heavy atom. The Bertz CT molecular complexity index is 578. The number of amides is 1. The molecule has 4 atom stereocenters. The second-order valence-corrected chi connectivity index (χ2v) is 6.64. The molecular weight excluding hydrogens is 342 g/mol. The van der Waals surface area contributed by atoms with E-state index in [0.29, 0.717) is 25.9 Å². The molecule has 26 heavy (non-hydrogen) atoms. The molecule has 0 aliphatic carbocycles. The van der Waals surface area contributed by atoms with Crippen LogP contribution in [0, 0.1) is 0 Å². The first kappa shape index (κ1) is 19.1. The van der Waals surface area contributed by atoms with Gasteiger partial charge in [0.15, 0.2) is 6.29 Å². The summed E-state index contributed by atoms with van der Waals surface area (Å²) >= 11 is 0. The average Bonchev–Trinajstić information content (AvgIpc) is 2.76. The topological polar surface area (TPSA) is 109 Å². The summed E-state index contributed by atoms with van der Waals surface area (Å²) in [6.07, 6.45) is -3.50. The second kappa shape index (κ2) is 8.79. The van der Waals surface area contributed by atoms with E-state index in [1.54, 1.807) is 0 Å². The van der Waals surface area contributed by atoms with E-state index in [-0.39, 0.29) is 19.3 Å². The molecule has 0 bridgehead atoms. The molecule has 2 heterocycles. The van der Waals surface area contributed by atoms with Crippen LogP contribution in [0.1, 0.15) is 18.4 Å². The lowest BCUT2D eigenvalue weighted by Gasteiger charge is -2.40. The molecule has 1 aromatic rings. The molecule has 144 valence electrons. The van der Waals surface area contributed by atoms with Crippen LogP contribution in [0.15, 0.2) is 30.3 Å². The Labute approximate surface area is 151 Å². The highest BCUT2D eigenvalue weighted by molar-refractivity contribution is 5.68. The van der Waals surface area contributed by atoms with Crippen LogP contribution in [0.2, 0.25) is 0 Å². The lowest BCUT2D eigenvalue weighted by atomic mass is 10.1. The average molecular weight is 367 g/mol. The summed E-state index contributed by atoms with van der Waals surface area (Å²) in [7, 11) is 0. The summed E-state index contributed by atoms with van der Waals surface area (Å²) in [4.78, 5) is 13.5. The number of rotatable bonds is 5. The van der Waals surface area contributed by atoms with Gasteiger partial charge in [-0.15, -0.1) is 0 Å². The minimum Gasteiger partial charge on any atom is -0.445 e. The number of carbonyl (C=O) groups excluding carboxylic acids is 1. The highest BCUT2D eigenvalue weighted by Gasteiger charge is 2.39. The zero-order chi connectivity index (χ0) is 18.5. The molecule has 0 saturated carbocycles. The first-order chi connectivity index (χ1) is 12.6. The summed E-state index contributed by atoms with van der Waals surface area (Å²) in [6.45, 7) is 0.539. The highest BCUT2D eigenvalue weighted by atomic mass is 16.7. The van der Waals surface area contributed by atoms with Crippen LogP contribution in [-0.4, -0.2) is 76.7 Å². The molecule has 2 fully saturated rings. The maximum Gasteiger partial charge on any atom is 0.410 e. The van der Waals surface area contributed by atoms with Crippen molar-refractivity contribution < 1.29 is 34.3 Å². The smallest absolute Gasteiger partial charge is 0.410 e. The fourth-order valence-electron chi connectivity index (χ4n) is 2.98. The van der Waals surface area contributed by atoms with Gasteiger partial charge in [0.25, 0.3) is 0 Å². The summed E-state index contributed by atoms with van der Waals surface area (Å²) in [5.74, 6) is 0. The van der Waals surface area contributed by atoms with Crippen molar-refractivity contribution in [3.05, 3.63) is 35.9 Å². The van der Waals surface area contributed by atoms with Crippen LogP contribution < -0.4 is 0 Å². The molecule has 2 aliphatic heterocycles. The number of nitrogens with zero attached hydrogens (tertiary/aromatic N) is 1. The van der Waals surface area contributed by atoms with Crippen molar-refractivity contribution in [2.45, 2.75) is 50.2 Å². The normalized spacial score (nSPS) is 29.7. The van der Waals surface area contributed by atoms with Gasteiger partial charge in [0.05, 0.1) is 31.9 Å². The van der Waals surface area contributed by atoms with Gasteiger partial charge in [0.2, 0.25) is 0 Å². The minimum atomic E-state index is -0.934. The molecule has 0 aromatic heterocycles. The van der Waals surface area contributed by atoms with E-state index in [9.17, 15) is 20.1 Å². The highest BCUT2D eigenvalue weighted by Crippen LogP contribution is 2.24. The lowest BCUT2D eigenvalue weighted by molar-refractivity contribution is -0.255. The van der Waals surface area contributed by atoms with Gasteiger partial charge in [-0.3, -0.25) is 0 Å². The van der Waals surface area contributed by atoms with Gasteiger partial charge in [-0.1, -0.05) is 30.3 Å². The van der Waals surface area contributed by atoms with Crippen LogP contribution in [0.25, 0.3) is 0 Å². The first-order valence-electron chi connectivity index (χ1n) is 8.80.